The van der Waals surface area contributed by atoms with Crippen molar-refractivity contribution in [3.8, 4) is 0 Å². The summed E-state index contributed by atoms with van der Waals surface area (Å²) in [7, 11) is 0. The molecule has 0 nitrogen and oxygen atoms in total. The molecule has 25 heavy (non-hydrogen) atoms. The Hall–Kier alpha value is -1.30. The quantitative estimate of drug-likeness (QED) is 0.514. The van der Waals surface area contributed by atoms with Gasteiger partial charge in [-0.05, 0) is 59.4 Å². The zero-order chi connectivity index (χ0) is 16.9. The van der Waals surface area contributed by atoms with Crippen LogP contribution in [0.15, 0.2) is 36.4 Å². The van der Waals surface area contributed by atoms with Crippen molar-refractivity contribution in [1.29, 1.82) is 0 Å². The van der Waals surface area contributed by atoms with Crippen molar-refractivity contribution < 1.29 is 0 Å². The monoisotopic (exact) mass is 334 g/mol. The van der Waals surface area contributed by atoms with E-state index in [1.807, 2.05) is 0 Å². The van der Waals surface area contributed by atoms with Gasteiger partial charge in [-0.1, -0.05) is 94.2 Å². The molecule has 0 aromatic heterocycles. The Morgan fingerprint density at radius 2 is 1.00 bits per heavy atom. The number of fused-ring (bicyclic) bond motifs is 1. The lowest BCUT2D eigenvalue weighted by atomic mass is 9.84. The molecular formula is C25H34. The summed E-state index contributed by atoms with van der Waals surface area (Å²) in [4.78, 5) is 0. The van der Waals surface area contributed by atoms with E-state index in [1.165, 1.54) is 94.2 Å². The Labute approximate surface area is 154 Å². The van der Waals surface area contributed by atoms with Gasteiger partial charge >= 0.3 is 0 Å². The summed E-state index contributed by atoms with van der Waals surface area (Å²) in [6.07, 6.45) is 18.5. The molecule has 0 heteroatoms. The normalized spacial score (nSPS) is 19.7. The fourth-order valence-electron chi connectivity index (χ4n) is 5.35. The highest BCUT2D eigenvalue weighted by Gasteiger charge is 2.16. The van der Waals surface area contributed by atoms with Crippen LogP contribution < -0.4 is 0 Å². The van der Waals surface area contributed by atoms with Crippen molar-refractivity contribution in [2.75, 3.05) is 0 Å². The average Bonchev–Trinajstić information content (AvgIpc) is 3.19. The molecule has 0 amide bonds. The summed E-state index contributed by atoms with van der Waals surface area (Å²) in [5, 5.41) is 3.06. The number of rotatable bonds is 6. The van der Waals surface area contributed by atoms with Crippen LogP contribution in [0.5, 0.6) is 0 Å². The van der Waals surface area contributed by atoms with Crippen LogP contribution in [0, 0.1) is 11.8 Å². The summed E-state index contributed by atoms with van der Waals surface area (Å²) in [6.45, 7) is 0. The van der Waals surface area contributed by atoms with E-state index in [4.69, 9.17) is 0 Å². The highest BCUT2D eigenvalue weighted by molar-refractivity contribution is 5.88. The summed E-state index contributed by atoms with van der Waals surface area (Å²) in [5.41, 5.74) is 3.18. The van der Waals surface area contributed by atoms with Gasteiger partial charge in [0.05, 0.1) is 0 Å². The van der Waals surface area contributed by atoms with E-state index in [1.54, 1.807) is 11.1 Å². The lowest BCUT2D eigenvalue weighted by Crippen LogP contribution is -2.07. The van der Waals surface area contributed by atoms with Crippen molar-refractivity contribution in [2.45, 2.75) is 83.5 Å². The maximum Gasteiger partial charge on any atom is -0.0149 e. The van der Waals surface area contributed by atoms with E-state index in [9.17, 15) is 0 Å². The van der Waals surface area contributed by atoms with E-state index in [2.05, 4.69) is 36.4 Å². The van der Waals surface area contributed by atoms with Crippen LogP contribution in [0.4, 0.5) is 0 Å². The molecule has 0 N–H and O–H groups in total. The molecule has 0 unspecified atom stereocenters. The molecule has 2 saturated carbocycles. The number of aryl methyl sites for hydroxylation is 2. The van der Waals surface area contributed by atoms with Crippen LogP contribution in [-0.4, -0.2) is 0 Å². The molecule has 2 aromatic rings. The van der Waals surface area contributed by atoms with Crippen molar-refractivity contribution >= 4 is 10.8 Å². The Balaban J connectivity index is 1.47. The zero-order valence-corrected chi connectivity index (χ0v) is 15.8. The van der Waals surface area contributed by atoms with Gasteiger partial charge in [-0.25, -0.2) is 0 Å². The first kappa shape index (κ1) is 17.1. The van der Waals surface area contributed by atoms with E-state index >= 15 is 0 Å². The van der Waals surface area contributed by atoms with Gasteiger partial charge in [-0.15, -0.1) is 0 Å². The standard InChI is InChI=1S/C25H34/c1-2-8-20(9-3-1)14-16-22-18-19-23(17-15-21-10-4-5-11-21)25-13-7-6-12-24(22)25/h6-7,12-13,18-21H,1-5,8-11,14-17H2. The molecule has 4 rings (SSSR count). The molecule has 0 atom stereocenters. The van der Waals surface area contributed by atoms with Crippen molar-refractivity contribution in [3.63, 3.8) is 0 Å². The Kier molecular flexibility index (Phi) is 5.75. The van der Waals surface area contributed by atoms with Gasteiger partial charge < -0.3 is 0 Å². The average molecular weight is 335 g/mol. The minimum Gasteiger partial charge on any atom is -0.0616 e. The molecule has 0 aliphatic heterocycles. The van der Waals surface area contributed by atoms with Crippen LogP contribution >= 0.6 is 0 Å². The summed E-state index contributed by atoms with van der Waals surface area (Å²) >= 11 is 0. The van der Waals surface area contributed by atoms with Crippen LogP contribution in [0.1, 0.15) is 81.8 Å². The molecule has 2 aromatic carbocycles. The highest BCUT2D eigenvalue weighted by atomic mass is 14.2. The van der Waals surface area contributed by atoms with Gasteiger partial charge in [0.25, 0.3) is 0 Å². The number of benzene rings is 2. The van der Waals surface area contributed by atoms with Crippen molar-refractivity contribution in [1.82, 2.24) is 0 Å². The molecule has 0 radical (unpaired) electrons. The maximum absolute atomic E-state index is 2.45. The second kappa shape index (κ2) is 8.39. The minimum absolute atomic E-state index is 0.981. The van der Waals surface area contributed by atoms with Crippen LogP contribution in [0.2, 0.25) is 0 Å². The van der Waals surface area contributed by atoms with Crippen LogP contribution in [0.3, 0.4) is 0 Å². The second-order valence-corrected chi connectivity index (χ2v) is 8.66. The van der Waals surface area contributed by atoms with Gasteiger partial charge in [-0.2, -0.15) is 0 Å². The third kappa shape index (κ3) is 4.27. The first-order valence-electron chi connectivity index (χ1n) is 10.9. The topological polar surface area (TPSA) is 0 Å². The summed E-state index contributed by atoms with van der Waals surface area (Å²) in [6, 6.07) is 14.1. The number of hydrogen-bond donors (Lipinski definition) is 0. The van der Waals surface area contributed by atoms with Crippen molar-refractivity contribution in [3.05, 3.63) is 47.5 Å². The lowest BCUT2D eigenvalue weighted by Gasteiger charge is -2.22. The van der Waals surface area contributed by atoms with Gasteiger partial charge in [0.1, 0.15) is 0 Å². The molecule has 0 saturated heterocycles. The molecule has 134 valence electrons. The highest BCUT2D eigenvalue weighted by Crippen LogP contribution is 2.32. The van der Waals surface area contributed by atoms with E-state index < -0.39 is 0 Å². The molecule has 2 fully saturated rings. The lowest BCUT2D eigenvalue weighted by molar-refractivity contribution is 0.339. The van der Waals surface area contributed by atoms with E-state index in [0.717, 1.165) is 11.8 Å². The Morgan fingerprint density at radius 3 is 1.48 bits per heavy atom. The molecule has 0 bridgehead atoms. The fourth-order valence-corrected chi connectivity index (χ4v) is 5.35. The van der Waals surface area contributed by atoms with E-state index in [0.29, 0.717) is 0 Å². The summed E-state index contributed by atoms with van der Waals surface area (Å²) < 4.78 is 0. The molecule has 0 spiro atoms. The Bertz CT molecular complexity index is 671. The largest absolute Gasteiger partial charge is 0.0616 e. The fraction of sp³-hybridized carbons (Fsp3) is 0.600. The predicted octanol–water partition coefficient (Wildman–Crippen LogP) is 7.48. The second-order valence-electron chi connectivity index (χ2n) is 8.66. The predicted molar refractivity (Wildman–Crippen MR) is 109 cm³/mol. The van der Waals surface area contributed by atoms with Crippen LogP contribution in [0.25, 0.3) is 10.8 Å². The molecule has 2 aliphatic rings. The van der Waals surface area contributed by atoms with Crippen molar-refractivity contribution in [2.24, 2.45) is 11.8 Å². The Morgan fingerprint density at radius 1 is 0.560 bits per heavy atom. The zero-order valence-electron chi connectivity index (χ0n) is 15.8. The van der Waals surface area contributed by atoms with Gasteiger partial charge in [0.2, 0.25) is 0 Å². The third-order valence-corrected chi connectivity index (χ3v) is 6.95. The maximum atomic E-state index is 2.45. The van der Waals surface area contributed by atoms with Crippen LogP contribution in [-0.2, 0) is 12.8 Å². The van der Waals surface area contributed by atoms with Gasteiger partial charge in [0, 0.05) is 0 Å². The summed E-state index contributed by atoms with van der Waals surface area (Å²) in [5.74, 6) is 1.97. The molecule has 2 aliphatic carbocycles. The van der Waals surface area contributed by atoms with Gasteiger partial charge in [0.15, 0.2) is 0 Å². The smallest absolute Gasteiger partial charge is 0.0149 e. The molecule has 0 heterocycles. The van der Waals surface area contributed by atoms with Gasteiger partial charge in [-0.3, -0.25) is 0 Å². The first-order valence-corrected chi connectivity index (χ1v) is 10.9. The SMILES string of the molecule is c1ccc2c(CCC3CCCC3)ccc(CCC3CCCCC3)c2c1. The van der Waals surface area contributed by atoms with E-state index in [-0.39, 0.29) is 0 Å². The first-order chi connectivity index (χ1) is 12.4. The minimum atomic E-state index is 0.981. The number of hydrogen-bond acceptors (Lipinski definition) is 0. The third-order valence-electron chi connectivity index (χ3n) is 6.95. The molecular weight excluding hydrogens is 300 g/mol.